The summed E-state index contributed by atoms with van der Waals surface area (Å²) in [7, 11) is 0. The molecule has 2 aromatic carbocycles. The van der Waals surface area contributed by atoms with Gasteiger partial charge in [-0.1, -0.05) is 36.4 Å². The lowest BCUT2D eigenvalue weighted by Crippen LogP contribution is -2.37. The maximum atomic E-state index is 12.9. The van der Waals surface area contributed by atoms with Crippen LogP contribution in [0, 0.1) is 0 Å². The maximum Gasteiger partial charge on any atom is 0.326 e. The lowest BCUT2D eigenvalue weighted by atomic mass is 10.2. The highest BCUT2D eigenvalue weighted by Gasteiger charge is 2.20. The number of fused-ring (bicyclic) bond motifs is 1. The third-order valence-corrected chi connectivity index (χ3v) is 4.98. The van der Waals surface area contributed by atoms with Crippen molar-refractivity contribution in [3.63, 3.8) is 0 Å². The molecule has 138 valence electrons. The molecule has 3 rings (SSSR count). The van der Waals surface area contributed by atoms with E-state index in [0.29, 0.717) is 5.69 Å². The van der Waals surface area contributed by atoms with E-state index < -0.39 is 5.97 Å². The summed E-state index contributed by atoms with van der Waals surface area (Å²) in [6.45, 7) is 1.93. The summed E-state index contributed by atoms with van der Waals surface area (Å²) in [5, 5.41) is 1.01. The molecule has 1 heterocycles. The van der Waals surface area contributed by atoms with E-state index >= 15 is 0 Å². The van der Waals surface area contributed by atoms with Crippen LogP contribution in [0.1, 0.15) is 6.92 Å². The largest absolute Gasteiger partial charge is 0.465 e. The number of rotatable bonds is 7. The SMILES string of the molecule is CCOC(=O)CN(C(=O)CSc1ccnc2ccccc12)c1ccccc1. The van der Waals surface area contributed by atoms with Gasteiger partial charge in [-0.2, -0.15) is 0 Å². The van der Waals surface area contributed by atoms with Gasteiger partial charge < -0.3 is 9.64 Å². The van der Waals surface area contributed by atoms with Gasteiger partial charge in [0.1, 0.15) is 6.54 Å². The van der Waals surface area contributed by atoms with Gasteiger partial charge in [0.15, 0.2) is 0 Å². The quantitative estimate of drug-likeness (QED) is 0.459. The molecule has 0 spiro atoms. The summed E-state index contributed by atoms with van der Waals surface area (Å²) in [5.74, 6) is -0.364. The highest BCUT2D eigenvalue weighted by atomic mass is 32.2. The normalized spacial score (nSPS) is 10.6. The monoisotopic (exact) mass is 380 g/mol. The molecule has 1 aromatic heterocycles. The van der Waals surface area contributed by atoms with Crippen LogP contribution in [0.4, 0.5) is 5.69 Å². The van der Waals surface area contributed by atoms with Crippen LogP contribution in [-0.4, -0.2) is 35.8 Å². The minimum Gasteiger partial charge on any atom is -0.465 e. The molecular weight excluding hydrogens is 360 g/mol. The van der Waals surface area contributed by atoms with Crippen molar-refractivity contribution in [2.75, 3.05) is 23.8 Å². The van der Waals surface area contributed by atoms with Crippen molar-refractivity contribution in [2.45, 2.75) is 11.8 Å². The number of para-hydroxylation sites is 2. The maximum absolute atomic E-state index is 12.9. The van der Waals surface area contributed by atoms with Gasteiger partial charge in [0.25, 0.3) is 0 Å². The van der Waals surface area contributed by atoms with Gasteiger partial charge in [0, 0.05) is 22.2 Å². The van der Waals surface area contributed by atoms with E-state index in [1.54, 1.807) is 13.1 Å². The van der Waals surface area contributed by atoms with Crippen LogP contribution < -0.4 is 4.90 Å². The molecule has 27 heavy (non-hydrogen) atoms. The first-order chi connectivity index (χ1) is 13.2. The van der Waals surface area contributed by atoms with E-state index in [0.717, 1.165) is 15.8 Å². The molecule has 0 fully saturated rings. The molecule has 5 nitrogen and oxygen atoms in total. The molecule has 6 heteroatoms. The van der Waals surface area contributed by atoms with E-state index in [2.05, 4.69) is 4.98 Å². The number of hydrogen-bond donors (Lipinski definition) is 0. The number of anilines is 1. The Labute approximate surface area is 162 Å². The van der Waals surface area contributed by atoms with Gasteiger partial charge >= 0.3 is 5.97 Å². The molecule has 0 bridgehead atoms. The Balaban J connectivity index is 1.76. The van der Waals surface area contributed by atoms with Crippen LogP contribution >= 0.6 is 11.8 Å². The molecule has 3 aromatic rings. The smallest absolute Gasteiger partial charge is 0.326 e. The van der Waals surface area contributed by atoms with Crippen LogP contribution in [-0.2, 0) is 14.3 Å². The Hall–Kier alpha value is -2.86. The van der Waals surface area contributed by atoms with Crippen molar-refractivity contribution in [3.05, 3.63) is 66.9 Å². The number of esters is 1. The lowest BCUT2D eigenvalue weighted by Gasteiger charge is -2.22. The molecule has 0 aliphatic rings. The van der Waals surface area contributed by atoms with Crippen molar-refractivity contribution >= 4 is 40.2 Å². The molecular formula is C21H20N2O3S. The zero-order valence-corrected chi connectivity index (χ0v) is 15.8. The number of benzene rings is 2. The fourth-order valence-corrected chi connectivity index (χ4v) is 3.60. The average Bonchev–Trinajstić information content (AvgIpc) is 2.71. The van der Waals surface area contributed by atoms with Gasteiger partial charge in [-0.3, -0.25) is 14.6 Å². The number of nitrogens with zero attached hydrogens (tertiary/aromatic N) is 2. The molecule has 0 saturated carbocycles. The lowest BCUT2D eigenvalue weighted by molar-refractivity contribution is -0.142. The van der Waals surface area contributed by atoms with E-state index in [1.807, 2.05) is 60.7 Å². The van der Waals surface area contributed by atoms with E-state index in [1.165, 1.54) is 16.7 Å². The Morgan fingerprint density at radius 1 is 1.04 bits per heavy atom. The van der Waals surface area contributed by atoms with Crippen LogP contribution in [0.3, 0.4) is 0 Å². The molecule has 0 unspecified atom stereocenters. The fourth-order valence-electron chi connectivity index (χ4n) is 2.68. The van der Waals surface area contributed by atoms with Crippen molar-refractivity contribution in [2.24, 2.45) is 0 Å². The van der Waals surface area contributed by atoms with Crippen LogP contribution in [0.2, 0.25) is 0 Å². The fraction of sp³-hybridized carbons (Fsp3) is 0.190. The zero-order valence-electron chi connectivity index (χ0n) is 15.0. The van der Waals surface area contributed by atoms with Crippen LogP contribution in [0.25, 0.3) is 10.9 Å². The number of amides is 1. The van der Waals surface area contributed by atoms with Gasteiger partial charge in [-0.15, -0.1) is 11.8 Å². The predicted octanol–water partition coefficient (Wildman–Crippen LogP) is 3.92. The second-order valence-corrected chi connectivity index (χ2v) is 6.75. The first-order valence-electron chi connectivity index (χ1n) is 8.66. The summed E-state index contributed by atoms with van der Waals surface area (Å²) >= 11 is 1.44. The number of aromatic nitrogens is 1. The van der Waals surface area contributed by atoms with Crippen molar-refractivity contribution in [1.29, 1.82) is 0 Å². The molecule has 0 radical (unpaired) electrons. The first kappa shape index (κ1) is 18.9. The zero-order chi connectivity index (χ0) is 19.1. The number of ether oxygens (including phenoxy) is 1. The minimum atomic E-state index is -0.422. The summed E-state index contributed by atoms with van der Waals surface area (Å²) < 4.78 is 5.02. The van der Waals surface area contributed by atoms with E-state index in [-0.39, 0.29) is 24.8 Å². The average molecular weight is 380 g/mol. The number of pyridine rings is 1. The summed E-state index contributed by atoms with van der Waals surface area (Å²) in [6.07, 6.45) is 1.74. The number of hydrogen-bond acceptors (Lipinski definition) is 5. The number of carbonyl (C=O) groups excluding carboxylic acids is 2. The topological polar surface area (TPSA) is 59.5 Å². The highest BCUT2D eigenvalue weighted by molar-refractivity contribution is 8.00. The molecule has 0 aliphatic carbocycles. The van der Waals surface area contributed by atoms with Crippen molar-refractivity contribution < 1.29 is 14.3 Å². The number of thioether (sulfide) groups is 1. The van der Waals surface area contributed by atoms with E-state index in [9.17, 15) is 9.59 Å². The standard InChI is InChI=1S/C21H20N2O3S/c1-2-26-21(25)14-23(16-8-4-3-5-9-16)20(24)15-27-19-12-13-22-18-11-7-6-10-17(18)19/h3-13H,2,14-15H2,1H3. The molecule has 1 amide bonds. The minimum absolute atomic E-state index is 0.103. The summed E-state index contributed by atoms with van der Waals surface area (Å²) in [6, 6.07) is 18.9. The van der Waals surface area contributed by atoms with E-state index in [4.69, 9.17) is 4.74 Å². The highest BCUT2D eigenvalue weighted by Crippen LogP contribution is 2.27. The Morgan fingerprint density at radius 3 is 2.56 bits per heavy atom. The van der Waals surface area contributed by atoms with Crippen LogP contribution in [0.5, 0.6) is 0 Å². The Bertz CT molecular complexity index is 926. The number of carbonyl (C=O) groups is 2. The van der Waals surface area contributed by atoms with Gasteiger partial charge in [0.05, 0.1) is 17.9 Å². The van der Waals surface area contributed by atoms with Gasteiger partial charge in [-0.05, 0) is 31.2 Å². The van der Waals surface area contributed by atoms with Crippen LogP contribution in [0.15, 0.2) is 71.8 Å². The van der Waals surface area contributed by atoms with Gasteiger partial charge in [-0.25, -0.2) is 0 Å². The third kappa shape index (κ3) is 4.86. The van der Waals surface area contributed by atoms with Crippen molar-refractivity contribution in [3.8, 4) is 0 Å². The predicted molar refractivity (Wildman–Crippen MR) is 108 cm³/mol. The molecule has 0 atom stereocenters. The second-order valence-electron chi connectivity index (χ2n) is 5.74. The second kappa shape index (κ2) is 9.19. The molecule has 0 aliphatic heterocycles. The molecule has 0 saturated heterocycles. The summed E-state index contributed by atoms with van der Waals surface area (Å²) in [4.78, 5) is 31.6. The van der Waals surface area contributed by atoms with Gasteiger partial charge in [0.2, 0.25) is 5.91 Å². The first-order valence-corrected chi connectivity index (χ1v) is 9.65. The van der Waals surface area contributed by atoms with Crippen molar-refractivity contribution in [1.82, 2.24) is 4.98 Å². The Morgan fingerprint density at radius 2 is 1.78 bits per heavy atom. The summed E-state index contributed by atoms with van der Waals surface area (Å²) in [5.41, 5.74) is 1.57. The molecule has 0 N–H and O–H groups in total. The Kier molecular flexibility index (Phi) is 6.44. The third-order valence-electron chi connectivity index (χ3n) is 3.92.